The van der Waals surface area contributed by atoms with Crippen molar-refractivity contribution >= 4 is 39.8 Å². The lowest BCUT2D eigenvalue weighted by Gasteiger charge is -2.31. The fraction of sp³-hybridized carbons (Fsp3) is 0.222. The van der Waals surface area contributed by atoms with Crippen LogP contribution in [0.2, 0.25) is 0 Å². The number of hydrogen-bond donors (Lipinski definition) is 0. The molecule has 1 amide bonds. The zero-order chi connectivity index (χ0) is 16.0. The standard InChI is InChI=1S/C18H16IN3O/c1-21-11-13(10-20-21)12-5-6-18(23)22-8-7-14-15(17(22)9-12)3-2-4-16(14)19/h2-5,9-11H,6-8H2,1H3. The molecule has 0 bridgehead atoms. The first-order chi connectivity index (χ1) is 11.1. The van der Waals surface area contributed by atoms with Crippen LogP contribution in [0.15, 0.2) is 42.7 Å². The predicted octanol–water partition coefficient (Wildman–Crippen LogP) is 3.24. The summed E-state index contributed by atoms with van der Waals surface area (Å²) in [6.07, 6.45) is 9.33. The highest BCUT2D eigenvalue weighted by molar-refractivity contribution is 14.1. The molecular weight excluding hydrogens is 401 g/mol. The summed E-state index contributed by atoms with van der Waals surface area (Å²) in [7, 11) is 1.91. The zero-order valence-corrected chi connectivity index (χ0v) is 14.9. The van der Waals surface area contributed by atoms with E-state index in [9.17, 15) is 4.79 Å². The van der Waals surface area contributed by atoms with Gasteiger partial charge in [0.15, 0.2) is 0 Å². The number of aryl methyl sites for hydroxylation is 1. The molecule has 0 fully saturated rings. The maximum Gasteiger partial charge on any atom is 0.230 e. The average molecular weight is 417 g/mol. The lowest BCUT2D eigenvalue weighted by atomic mass is 9.95. The number of carbonyl (C=O) groups excluding carboxylic acids is 1. The number of allylic oxidation sites excluding steroid dienone is 2. The minimum absolute atomic E-state index is 0.166. The van der Waals surface area contributed by atoms with Crippen LogP contribution in [0.1, 0.15) is 23.1 Å². The first-order valence-electron chi connectivity index (χ1n) is 7.62. The molecule has 5 heteroatoms. The third kappa shape index (κ3) is 2.52. The predicted molar refractivity (Wildman–Crippen MR) is 98.4 cm³/mol. The number of fused-ring (bicyclic) bond motifs is 3. The van der Waals surface area contributed by atoms with Gasteiger partial charge in [0, 0.05) is 40.9 Å². The second kappa shape index (κ2) is 5.63. The van der Waals surface area contributed by atoms with Gasteiger partial charge in [-0.15, -0.1) is 0 Å². The second-order valence-electron chi connectivity index (χ2n) is 5.86. The van der Waals surface area contributed by atoms with Gasteiger partial charge >= 0.3 is 0 Å². The van der Waals surface area contributed by atoms with Crippen molar-refractivity contribution in [3.05, 3.63) is 63.0 Å². The van der Waals surface area contributed by atoms with Gasteiger partial charge in [-0.3, -0.25) is 9.48 Å². The highest BCUT2D eigenvalue weighted by atomic mass is 127. The second-order valence-corrected chi connectivity index (χ2v) is 7.02. The number of benzene rings is 1. The van der Waals surface area contributed by atoms with Crippen molar-refractivity contribution in [2.45, 2.75) is 12.8 Å². The molecule has 1 aromatic heterocycles. The van der Waals surface area contributed by atoms with Crippen molar-refractivity contribution in [2.75, 3.05) is 6.54 Å². The van der Waals surface area contributed by atoms with Crippen LogP contribution < -0.4 is 0 Å². The Hall–Kier alpha value is -1.89. The summed E-state index contributed by atoms with van der Waals surface area (Å²) in [5, 5.41) is 4.25. The van der Waals surface area contributed by atoms with E-state index < -0.39 is 0 Å². The van der Waals surface area contributed by atoms with Crippen molar-refractivity contribution in [2.24, 2.45) is 7.05 Å². The van der Waals surface area contributed by atoms with Crippen LogP contribution in [0.4, 0.5) is 0 Å². The minimum Gasteiger partial charge on any atom is -0.311 e. The zero-order valence-electron chi connectivity index (χ0n) is 12.8. The number of rotatable bonds is 1. The Morgan fingerprint density at radius 2 is 2.17 bits per heavy atom. The van der Waals surface area contributed by atoms with Gasteiger partial charge in [0.2, 0.25) is 5.91 Å². The summed E-state index contributed by atoms with van der Waals surface area (Å²) in [4.78, 5) is 14.5. The van der Waals surface area contributed by atoms with Gasteiger partial charge in [-0.2, -0.15) is 5.10 Å². The summed E-state index contributed by atoms with van der Waals surface area (Å²) in [5.41, 5.74) is 5.65. The first-order valence-corrected chi connectivity index (χ1v) is 8.70. The van der Waals surface area contributed by atoms with Crippen molar-refractivity contribution in [1.82, 2.24) is 14.7 Å². The Labute approximate surface area is 148 Å². The van der Waals surface area contributed by atoms with Gasteiger partial charge in [0.25, 0.3) is 0 Å². The lowest BCUT2D eigenvalue weighted by Crippen LogP contribution is -2.34. The van der Waals surface area contributed by atoms with Crippen LogP contribution in [0, 0.1) is 3.57 Å². The summed E-state index contributed by atoms with van der Waals surface area (Å²) < 4.78 is 3.06. The molecule has 1 aromatic carbocycles. The highest BCUT2D eigenvalue weighted by Crippen LogP contribution is 2.35. The molecule has 0 atom stereocenters. The highest BCUT2D eigenvalue weighted by Gasteiger charge is 2.28. The smallest absolute Gasteiger partial charge is 0.230 e. The fourth-order valence-electron chi connectivity index (χ4n) is 3.24. The van der Waals surface area contributed by atoms with E-state index >= 15 is 0 Å². The molecule has 4 rings (SSSR count). The summed E-state index contributed by atoms with van der Waals surface area (Å²) in [5.74, 6) is 0.166. The molecule has 3 heterocycles. The summed E-state index contributed by atoms with van der Waals surface area (Å²) in [6, 6.07) is 6.31. The molecule has 2 aliphatic heterocycles. The number of nitrogens with zero attached hydrogens (tertiary/aromatic N) is 3. The van der Waals surface area contributed by atoms with E-state index in [0.717, 1.165) is 29.8 Å². The Kier molecular flexibility index (Phi) is 3.60. The van der Waals surface area contributed by atoms with Gasteiger partial charge in [0.1, 0.15) is 0 Å². The van der Waals surface area contributed by atoms with Gasteiger partial charge in [0.05, 0.1) is 11.9 Å². The van der Waals surface area contributed by atoms with Crippen molar-refractivity contribution in [3.63, 3.8) is 0 Å². The van der Waals surface area contributed by atoms with Crippen LogP contribution in [-0.2, 0) is 18.3 Å². The van der Waals surface area contributed by atoms with Gasteiger partial charge in [-0.1, -0.05) is 18.2 Å². The van der Waals surface area contributed by atoms with Crippen molar-refractivity contribution < 1.29 is 4.79 Å². The van der Waals surface area contributed by atoms with E-state index in [0.29, 0.717) is 6.42 Å². The Morgan fingerprint density at radius 1 is 1.30 bits per heavy atom. The third-order valence-corrected chi connectivity index (χ3v) is 5.41. The molecule has 0 radical (unpaired) electrons. The minimum atomic E-state index is 0.166. The molecule has 116 valence electrons. The number of halogens is 1. The third-order valence-electron chi connectivity index (χ3n) is 4.40. The lowest BCUT2D eigenvalue weighted by molar-refractivity contribution is -0.127. The van der Waals surface area contributed by atoms with Crippen LogP contribution in [0.25, 0.3) is 11.3 Å². The molecule has 0 spiro atoms. The molecule has 0 aliphatic carbocycles. The van der Waals surface area contributed by atoms with Gasteiger partial charge in [-0.05, 0) is 52.3 Å². The Bertz CT molecular complexity index is 863. The molecule has 2 aromatic rings. The van der Waals surface area contributed by atoms with Crippen LogP contribution in [0.3, 0.4) is 0 Å². The molecular formula is C18H16IN3O. The van der Waals surface area contributed by atoms with Gasteiger partial charge in [-0.25, -0.2) is 0 Å². The summed E-state index contributed by atoms with van der Waals surface area (Å²) in [6.45, 7) is 0.756. The van der Waals surface area contributed by atoms with E-state index in [-0.39, 0.29) is 5.91 Å². The SMILES string of the molecule is Cn1cc(C2=CCC(=O)N3CCc4c(I)cccc4C3=C2)cn1. The van der Waals surface area contributed by atoms with E-state index in [4.69, 9.17) is 0 Å². The maximum absolute atomic E-state index is 12.5. The average Bonchev–Trinajstić information content (AvgIpc) is 2.90. The van der Waals surface area contributed by atoms with E-state index in [1.165, 1.54) is 14.7 Å². The molecule has 0 unspecified atom stereocenters. The normalized spacial score (nSPS) is 17.1. The van der Waals surface area contributed by atoms with Crippen molar-refractivity contribution in [3.8, 4) is 0 Å². The van der Waals surface area contributed by atoms with Gasteiger partial charge < -0.3 is 4.90 Å². The molecule has 0 saturated carbocycles. The van der Waals surface area contributed by atoms with E-state index in [2.05, 4.69) is 52.0 Å². The first kappa shape index (κ1) is 14.7. The van der Waals surface area contributed by atoms with E-state index in [1.807, 2.05) is 30.4 Å². The number of amides is 1. The maximum atomic E-state index is 12.5. The van der Waals surface area contributed by atoms with Crippen molar-refractivity contribution in [1.29, 1.82) is 0 Å². The topological polar surface area (TPSA) is 38.1 Å². The van der Waals surface area contributed by atoms with Crippen LogP contribution in [0.5, 0.6) is 0 Å². The Morgan fingerprint density at radius 3 is 2.96 bits per heavy atom. The molecule has 23 heavy (non-hydrogen) atoms. The number of carbonyl (C=O) groups is 1. The van der Waals surface area contributed by atoms with Crippen LogP contribution in [-0.4, -0.2) is 27.1 Å². The largest absolute Gasteiger partial charge is 0.311 e. The van der Waals surface area contributed by atoms with E-state index in [1.54, 1.807) is 4.68 Å². The number of aromatic nitrogens is 2. The Balaban J connectivity index is 1.88. The number of hydrogen-bond acceptors (Lipinski definition) is 2. The summed E-state index contributed by atoms with van der Waals surface area (Å²) >= 11 is 2.38. The molecule has 2 aliphatic rings. The fourth-order valence-corrected chi connectivity index (χ4v) is 4.01. The molecule has 4 nitrogen and oxygen atoms in total. The molecule has 0 N–H and O–H groups in total. The quantitative estimate of drug-likeness (QED) is 0.669. The monoisotopic (exact) mass is 417 g/mol. The van der Waals surface area contributed by atoms with Crippen LogP contribution >= 0.6 is 22.6 Å². The molecule has 0 saturated heterocycles.